The van der Waals surface area contributed by atoms with Crippen molar-refractivity contribution in [1.29, 1.82) is 0 Å². The first-order valence-electron chi connectivity index (χ1n) is 7.00. The van der Waals surface area contributed by atoms with Crippen LogP contribution >= 0.6 is 15.9 Å². The number of hydrogen-bond donors (Lipinski definition) is 0. The van der Waals surface area contributed by atoms with Gasteiger partial charge in [0.15, 0.2) is 0 Å². The smallest absolute Gasteiger partial charge is 0.269 e. The average Bonchev–Trinajstić information content (AvgIpc) is 2.58. The Morgan fingerprint density at radius 3 is 1.74 bits per heavy atom. The molecule has 0 aromatic heterocycles. The van der Waals surface area contributed by atoms with Crippen LogP contribution in [0.2, 0.25) is 0 Å². The van der Waals surface area contributed by atoms with Crippen molar-refractivity contribution in [2.45, 2.75) is 0 Å². The summed E-state index contributed by atoms with van der Waals surface area (Å²) < 4.78 is 0.998. The second kappa shape index (κ2) is 6.62. The predicted molar refractivity (Wildman–Crippen MR) is 95.5 cm³/mol. The molecule has 0 heterocycles. The Bertz CT molecular complexity index is 803. The monoisotopic (exact) mass is 368 g/mol. The topological polar surface area (TPSA) is 46.4 Å². The number of hydrogen-bond acceptors (Lipinski definition) is 3. The highest BCUT2D eigenvalue weighted by atomic mass is 79.9. The van der Waals surface area contributed by atoms with Crippen LogP contribution in [0.3, 0.4) is 0 Å². The number of rotatable bonds is 4. The number of benzene rings is 3. The van der Waals surface area contributed by atoms with Crippen LogP contribution in [0.15, 0.2) is 83.3 Å². The van der Waals surface area contributed by atoms with Crippen LogP contribution in [0.4, 0.5) is 22.7 Å². The molecule has 0 atom stereocenters. The van der Waals surface area contributed by atoms with Gasteiger partial charge in [-0.2, -0.15) is 0 Å². The maximum absolute atomic E-state index is 10.8. The quantitative estimate of drug-likeness (QED) is 0.430. The maximum atomic E-state index is 10.8. The number of para-hydroxylation sites is 1. The minimum atomic E-state index is -0.393. The van der Waals surface area contributed by atoms with Crippen LogP contribution in [0.1, 0.15) is 0 Å². The molecule has 0 saturated carbocycles. The number of halogens is 1. The molecule has 3 aromatic carbocycles. The van der Waals surface area contributed by atoms with Gasteiger partial charge in [0.25, 0.3) is 5.69 Å². The lowest BCUT2D eigenvalue weighted by atomic mass is 10.2. The second-order valence-electron chi connectivity index (χ2n) is 4.92. The fourth-order valence-corrected chi connectivity index (χ4v) is 2.60. The molecular weight excluding hydrogens is 356 g/mol. The maximum Gasteiger partial charge on any atom is 0.269 e. The van der Waals surface area contributed by atoms with Gasteiger partial charge in [-0.1, -0.05) is 34.1 Å². The van der Waals surface area contributed by atoms with Gasteiger partial charge in [-0.15, -0.1) is 0 Å². The third-order valence-electron chi connectivity index (χ3n) is 3.42. The first-order chi connectivity index (χ1) is 11.1. The van der Waals surface area contributed by atoms with Crippen molar-refractivity contribution in [1.82, 2.24) is 0 Å². The minimum absolute atomic E-state index is 0.0811. The third-order valence-corrected chi connectivity index (χ3v) is 3.95. The van der Waals surface area contributed by atoms with E-state index in [0.717, 1.165) is 21.5 Å². The van der Waals surface area contributed by atoms with Gasteiger partial charge >= 0.3 is 0 Å². The summed E-state index contributed by atoms with van der Waals surface area (Å²) in [7, 11) is 0. The molecule has 3 aromatic rings. The van der Waals surface area contributed by atoms with Crippen molar-refractivity contribution < 1.29 is 4.92 Å². The second-order valence-corrected chi connectivity index (χ2v) is 5.84. The Hall–Kier alpha value is -2.66. The Kier molecular flexibility index (Phi) is 4.39. The third kappa shape index (κ3) is 3.40. The Balaban J connectivity index is 2.08. The lowest BCUT2D eigenvalue weighted by Crippen LogP contribution is -2.09. The number of nitro groups is 1. The molecule has 0 radical (unpaired) electrons. The summed E-state index contributed by atoms with van der Waals surface area (Å²) in [4.78, 5) is 12.5. The standard InChI is InChI=1S/C18H13BrN2O2/c19-14-6-8-16(9-7-14)20(15-4-2-1-3-5-15)17-10-12-18(13-11-17)21(22)23/h1-13H. The van der Waals surface area contributed by atoms with Crippen molar-refractivity contribution >= 4 is 38.7 Å². The molecule has 23 heavy (non-hydrogen) atoms. The summed E-state index contributed by atoms with van der Waals surface area (Å²) in [5.41, 5.74) is 2.92. The zero-order chi connectivity index (χ0) is 16.2. The van der Waals surface area contributed by atoms with Crippen molar-refractivity contribution in [3.05, 3.63) is 93.4 Å². The first-order valence-corrected chi connectivity index (χ1v) is 7.79. The van der Waals surface area contributed by atoms with Crippen LogP contribution in [0.25, 0.3) is 0 Å². The number of nitrogens with zero attached hydrogens (tertiary/aromatic N) is 2. The lowest BCUT2D eigenvalue weighted by Gasteiger charge is -2.25. The fourth-order valence-electron chi connectivity index (χ4n) is 2.34. The summed E-state index contributed by atoms with van der Waals surface area (Å²) in [5, 5.41) is 10.8. The Morgan fingerprint density at radius 2 is 1.22 bits per heavy atom. The van der Waals surface area contributed by atoms with E-state index in [1.54, 1.807) is 12.1 Å². The van der Waals surface area contributed by atoms with E-state index in [4.69, 9.17) is 0 Å². The highest BCUT2D eigenvalue weighted by Gasteiger charge is 2.13. The zero-order valence-electron chi connectivity index (χ0n) is 12.1. The van der Waals surface area contributed by atoms with Gasteiger partial charge in [0.2, 0.25) is 0 Å². The van der Waals surface area contributed by atoms with E-state index in [2.05, 4.69) is 20.8 Å². The van der Waals surface area contributed by atoms with Gasteiger partial charge in [0.05, 0.1) is 4.92 Å². The summed E-state index contributed by atoms with van der Waals surface area (Å²) >= 11 is 3.44. The normalized spacial score (nSPS) is 10.3. The fraction of sp³-hybridized carbons (Fsp3) is 0. The molecule has 0 unspecified atom stereocenters. The minimum Gasteiger partial charge on any atom is -0.310 e. The zero-order valence-corrected chi connectivity index (χ0v) is 13.7. The summed E-state index contributed by atoms with van der Waals surface area (Å²) in [6, 6.07) is 24.4. The van der Waals surface area contributed by atoms with Gasteiger partial charge in [-0.25, -0.2) is 0 Å². The van der Waals surface area contributed by atoms with Crippen LogP contribution in [-0.2, 0) is 0 Å². The van der Waals surface area contributed by atoms with Crippen molar-refractivity contribution in [3.8, 4) is 0 Å². The van der Waals surface area contributed by atoms with Crippen LogP contribution in [0, 0.1) is 10.1 Å². The van der Waals surface area contributed by atoms with E-state index in [0.29, 0.717) is 0 Å². The van der Waals surface area contributed by atoms with E-state index in [1.807, 2.05) is 54.6 Å². The highest BCUT2D eigenvalue weighted by Crippen LogP contribution is 2.35. The van der Waals surface area contributed by atoms with Gasteiger partial charge in [-0.3, -0.25) is 10.1 Å². The molecule has 0 fully saturated rings. The molecule has 0 amide bonds. The lowest BCUT2D eigenvalue weighted by molar-refractivity contribution is -0.384. The van der Waals surface area contributed by atoms with Gasteiger partial charge in [0, 0.05) is 33.7 Å². The molecule has 0 N–H and O–H groups in total. The molecule has 0 saturated heterocycles. The first kappa shape index (κ1) is 15.2. The van der Waals surface area contributed by atoms with Crippen molar-refractivity contribution in [2.24, 2.45) is 0 Å². The molecule has 0 aliphatic carbocycles. The van der Waals surface area contributed by atoms with Gasteiger partial charge < -0.3 is 4.90 Å². The van der Waals surface area contributed by atoms with Crippen molar-refractivity contribution in [3.63, 3.8) is 0 Å². The Labute approximate surface area is 142 Å². The van der Waals surface area contributed by atoms with E-state index in [-0.39, 0.29) is 5.69 Å². The molecule has 3 rings (SSSR count). The number of non-ortho nitro benzene ring substituents is 1. The molecule has 0 aliphatic rings. The SMILES string of the molecule is O=[N+]([O-])c1ccc(N(c2ccccc2)c2ccc(Br)cc2)cc1. The average molecular weight is 369 g/mol. The molecule has 4 nitrogen and oxygen atoms in total. The highest BCUT2D eigenvalue weighted by molar-refractivity contribution is 9.10. The number of nitro benzene ring substituents is 1. The predicted octanol–water partition coefficient (Wildman–Crippen LogP) is 5.83. The van der Waals surface area contributed by atoms with E-state index >= 15 is 0 Å². The summed E-state index contributed by atoms with van der Waals surface area (Å²) in [6.07, 6.45) is 0. The molecule has 5 heteroatoms. The van der Waals surface area contributed by atoms with E-state index in [9.17, 15) is 10.1 Å². The number of anilines is 3. The van der Waals surface area contributed by atoms with Gasteiger partial charge in [-0.05, 0) is 48.5 Å². The molecule has 0 aliphatic heterocycles. The molecular formula is C18H13BrN2O2. The summed E-state index contributed by atoms with van der Waals surface area (Å²) in [5.74, 6) is 0. The molecule has 0 spiro atoms. The van der Waals surface area contributed by atoms with E-state index < -0.39 is 4.92 Å². The summed E-state index contributed by atoms with van der Waals surface area (Å²) in [6.45, 7) is 0. The van der Waals surface area contributed by atoms with Crippen LogP contribution in [0.5, 0.6) is 0 Å². The molecule has 0 bridgehead atoms. The van der Waals surface area contributed by atoms with Crippen molar-refractivity contribution in [2.75, 3.05) is 4.90 Å². The van der Waals surface area contributed by atoms with Gasteiger partial charge in [0.1, 0.15) is 0 Å². The van der Waals surface area contributed by atoms with E-state index in [1.165, 1.54) is 12.1 Å². The largest absolute Gasteiger partial charge is 0.310 e. The van der Waals surface area contributed by atoms with Crippen LogP contribution in [-0.4, -0.2) is 4.92 Å². The van der Waals surface area contributed by atoms with Crippen LogP contribution < -0.4 is 4.90 Å². The Morgan fingerprint density at radius 1 is 0.739 bits per heavy atom. The molecule has 114 valence electrons.